The second kappa shape index (κ2) is 13.1. The molecule has 1 amide bonds. The highest BCUT2D eigenvalue weighted by Crippen LogP contribution is 2.34. The fourth-order valence-electron chi connectivity index (χ4n) is 5.40. The van der Waals surface area contributed by atoms with Gasteiger partial charge in [-0.2, -0.15) is 4.98 Å². The van der Waals surface area contributed by atoms with Crippen LogP contribution < -0.4 is 20.3 Å². The van der Waals surface area contributed by atoms with Crippen LogP contribution in [0.1, 0.15) is 6.42 Å². The third-order valence-corrected chi connectivity index (χ3v) is 8.07. The van der Waals surface area contributed by atoms with Crippen molar-refractivity contribution in [2.75, 3.05) is 90.2 Å². The van der Waals surface area contributed by atoms with Gasteiger partial charge in [0.05, 0.1) is 36.7 Å². The van der Waals surface area contributed by atoms with Gasteiger partial charge in [0, 0.05) is 39.5 Å². The van der Waals surface area contributed by atoms with Crippen LogP contribution in [-0.2, 0) is 19.0 Å². The first-order valence-electron chi connectivity index (χ1n) is 13.9. The molecule has 0 spiro atoms. The molecule has 4 heterocycles. The van der Waals surface area contributed by atoms with Crippen LogP contribution in [0.15, 0.2) is 24.4 Å². The van der Waals surface area contributed by atoms with Crippen LogP contribution in [0.2, 0.25) is 5.02 Å². The number of fused-ring (bicyclic) bond motifs is 1. The maximum Gasteiger partial charge on any atom is 0.237 e. The Labute approximate surface area is 246 Å². The molecule has 1 aromatic heterocycles. The zero-order valence-corrected chi connectivity index (χ0v) is 25.1. The second-order valence-electron chi connectivity index (χ2n) is 11.2. The number of benzene rings is 1. The number of carbonyl (C=O) groups is 1. The number of likely N-dealkylation sites (tertiary alicyclic amines) is 1. The minimum absolute atomic E-state index is 0.0223. The lowest BCUT2D eigenvalue weighted by atomic mass is 10.1. The predicted molar refractivity (Wildman–Crippen MR) is 158 cm³/mol. The largest absolute Gasteiger partial charge is 0.468 e. The lowest BCUT2D eigenvalue weighted by molar-refractivity contribution is -0.119. The lowest BCUT2D eigenvalue weighted by Crippen LogP contribution is -2.35. The number of amides is 1. The summed E-state index contributed by atoms with van der Waals surface area (Å²) in [6.07, 6.45) is 1.41. The van der Waals surface area contributed by atoms with E-state index in [4.69, 9.17) is 30.5 Å². The smallest absolute Gasteiger partial charge is 0.237 e. The normalized spacial score (nSPS) is 25.9. The van der Waals surface area contributed by atoms with E-state index in [0.29, 0.717) is 24.8 Å². The Hall–Kier alpha value is -2.74. The SMILES string of the molecule is CO[C@@H]1CO[C@H]2[C@@H]1OC[C@H]2Oc1nc(Nc2ccc(N(C)CCN(C)C)c(NC(=O)C3CCN(C)C3)c2)ncc1Cl. The van der Waals surface area contributed by atoms with Crippen molar-refractivity contribution in [3.05, 3.63) is 29.4 Å². The first-order valence-corrected chi connectivity index (χ1v) is 14.3. The van der Waals surface area contributed by atoms with E-state index in [9.17, 15) is 4.79 Å². The van der Waals surface area contributed by atoms with Gasteiger partial charge in [0.1, 0.15) is 23.3 Å². The molecule has 5 rings (SSSR count). The molecule has 41 heavy (non-hydrogen) atoms. The quantitative estimate of drug-likeness (QED) is 0.402. The Morgan fingerprint density at radius 3 is 2.63 bits per heavy atom. The van der Waals surface area contributed by atoms with E-state index in [0.717, 1.165) is 44.0 Å². The van der Waals surface area contributed by atoms with E-state index < -0.39 is 0 Å². The first-order chi connectivity index (χ1) is 19.7. The molecular weight excluding hydrogens is 550 g/mol. The van der Waals surface area contributed by atoms with Crippen LogP contribution in [0.3, 0.4) is 0 Å². The number of nitrogens with one attached hydrogen (secondary N) is 2. The molecule has 13 heteroatoms. The van der Waals surface area contributed by atoms with Gasteiger partial charge in [-0.05, 0) is 52.3 Å². The summed E-state index contributed by atoms with van der Waals surface area (Å²) in [4.78, 5) is 28.5. The Morgan fingerprint density at radius 1 is 1.17 bits per heavy atom. The second-order valence-corrected chi connectivity index (χ2v) is 11.6. The third kappa shape index (κ3) is 7.02. The maximum absolute atomic E-state index is 13.2. The van der Waals surface area contributed by atoms with Crippen LogP contribution >= 0.6 is 11.6 Å². The van der Waals surface area contributed by atoms with Crippen molar-refractivity contribution in [3.63, 3.8) is 0 Å². The number of hydrogen-bond acceptors (Lipinski definition) is 11. The maximum atomic E-state index is 13.2. The topological polar surface area (TPSA) is 114 Å². The van der Waals surface area contributed by atoms with E-state index in [1.165, 1.54) is 6.20 Å². The summed E-state index contributed by atoms with van der Waals surface area (Å²) in [5.41, 5.74) is 2.37. The molecule has 1 aromatic carbocycles. The standard InChI is InChI=1S/C28H40ClN7O5/c1-34(2)10-11-36(4)21-7-6-18(12-20(21)32-26(37)17-8-9-35(3)14-17)31-28-30-13-19(29)27(33-28)41-23-16-40-24-22(38-5)15-39-25(23)24/h6-7,12-13,17,22-25H,8-11,14-16H2,1-5H3,(H,32,37)(H,30,31,33)/t17?,22-,23-,24-,25-/m1/s1. The average molecular weight is 590 g/mol. The van der Waals surface area contributed by atoms with Crippen molar-refractivity contribution in [1.29, 1.82) is 0 Å². The van der Waals surface area contributed by atoms with Crippen LogP contribution in [0.25, 0.3) is 0 Å². The van der Waals surface area contributed by atoms with Gasteiger partial charge in [0.15, 0.2) is 6.10 Å². The Kier molecular flexibility index (Phi) is 9.47. The number of aromatic nitrogens is 2. The van der Waals surface area contributed by atoms with E-state index in [1.807, 2.05) is 46.4 Å². The summed E-state index contributed by atoms with van der Waals surface area (Å²) >= 11 is 6.39. The number of halogens is 1. The molecule has 224 valence electrons. The molecule has 0 aliphatic carbocycles. The summed E-state index contributed by atoms with van der Waals surface area (Å²) in [5.74, 6) is 0.527. The molecule has 2 N–H and O–H groups in total. The van der Waals surface area contributed by atoms with Crippen LogP contribution in [0.5, 0.6) is 5.88 Å². The van der Waals surface area contributed by atoms with E-state index in [-0.39, 0.29) is 47.1 Å². The molecule has 0 bridgehead atoms. The van der Waals surface area contributed by atoms with Crippen molar-refractivity contribution >= 4 is 40.5 Å². The molecule has 3 aliphatic rings. The predicted octanol–water partition coefficient (Wildman–Crippen LogP) is 2.32. The molecule has 1 unspecified atom stereocenters. The van der Waals surface area contributed by atoms with Crippen LogP contribution in [-0.4, -0.2) is 125 Å². The summed E-state index contributed by atoms with van der Waals surface area (Å²) in [7, 11) is 9.79. The van der Waals surface area contributed by atoms with Gasteiger partial charge in [0.25, 0.3) is 0 Å². The van der Waals surface area contributed by atoms with Gasteiger partial charge in [-0.1, -0.05) is 11.6 Å². The molecule has 0 saturated carbocycles. The van der Waals surface area contributed by atoms with Crippen molar-refractivity contribution in [2.45, 2.75) is 30.8 Å². The third-order valence-electron chi connectivity index (χ3n) is 7.81. The van der Waals surface area contributed by atoms with E-state index >= 15 is 0 Å². The van der Waals surface area contributed by atoms with Crippen LogP contribution in [0.4, 0.5) is 23.0 Å². The highest BCUT2D eigenvalue weighted by atomic mass is 35.5. The molecule has 12 nitrogen and oxygen atoms in total. The van der Waals surface area contributed by atoms with Gasteiger partial charge in [-0.15, -0.1) is 0 Å². The Morgan fingerprint density at radius 2 is 1.93 bits per heavy atom. The number of rotatable bonds is 11. The van der Waals surface area contributed by atoms with E-state index in [1.54, 1.807) is 7.11 Å². The monoisotopic (exact) mass is 589 g/mol. The fourth-order valence-corrected chi connectivity index (χ4v) is 5.54. The molecular formula is C28H40ClN7O5. The highest BCUT2D eigenvalue weighted by molar-refractivity contribution is 6.31. The Bertz CT molecular complexity index is 1220. The van der Waals surface area contributed by atoms with Crippen LogP contribution in [0, 0.1) is 5.92 Å². The van der Waals surface area contributed by atoms with Gasteiger partial charge in [0.2, 0.25) is 17.7 Å². The minimum atomic E-state index is -0.367. The summed E-state index contributed by atoms with van der Waals surface area (Å²) < 4.78 is 23.3. The summed E-state index contributed by atoms with van der Waals surface area (Å²) in [6.45, 7) is 4.15. The minimum Gasteiger partial charge on any atom is -0.468 e. The summed E-state index contributed by atoms with van der Waals surface area (Å²) in [6, 6.07) is 5.83. The number of carbonyl (C=O) groups excluding carboxylic acids is 1. The van der Waals surface area contributed by atoms with Crippen molar-refractivity contribution in [1.82, 2.24) is 19.8 Å². The fraction of sp³-hybridized carbons (Fsp3) is 0.607. The Balaban J connectivity index is 1.32. The van der Waals surface area contributed by atoms with Crippen molar-refractivity contribution in [2.24, 2.45) is 5.92 Å². The number of nitrogens with zero attached hydrogens (tertiary/aromatic N) is 5. The van der Waals surface area contributed by atoms with Gasteiger partial charge >= 0.3 is 0 Å². The van der Waals surface area contributed by atoms with E-state index in [2.05, 4.69) is 35.3 Å². The molecule has 2 aromatic rings. The lowest BCUT2D eigenvalue weighted by Gasteiger charge is -2.25. The average Bonchev–Trinajstić information content (AvgIpc) is 3.67. The van der Waals surface area contributed by atoms with Gasteiger partial charge in [-0.3, -0.25) is 4.79 Å². The summed E-state index contributed by atoms with van der Waals surface area (Å²) in [5, 5.41) is 6.70. The molecule has 5 atom stereocenters. The van der Waals surface area contributed by atoms with Crippen molar-refractivity contribution in [3.8, 4) is 5.88 Å². The number of methoxy groups -OCH3 is 1. The number of likely N-dealkylation sites (N-methyl/N-ethyl adjacent to an activating group) is 2. The van der Waals surface area contributed by atoms with Gasteiger partial charge in [-0.25, -0.2) is 4.98 Å². The molecule has 3 fully saturated rings. The molecule has 0 radical (unpaired) electrons. The highest BCUT2D eigenvalue weighted by Gasteiger charge is 2.49. The zero-order valence-electron chi connectivity index (χ0n) is 24.3. The molecule has 3 aliphatic heterocycles. The first kappa shape index (κ1) is 29.7. The number of ether oxygens (including phenoxy) is 4. The zero-order chi connectivity index (χ0) is 29.1. The molecule has 3 saturated heterocycles. The number of hydrogen-bond donors (Lipinski definition) is 2. The number of anilines is 4. The van der Waals surface area contributed by atoms with Crippen molar-refractivity contribution < 1.29 is 23.7 Å². The van der Waals surface area contributed by atoms with Gasteiger partial charge < -0.3 is 44.3 Å².